The number of rotatable bonds is 6. The molecule has 0 aliphatic carbocycles. The van der Waals surface area contributed by atoms with Crippen LogP contribution in [0.15, 0.2) is 97.2 Å². The molecule has 0 aliphatic heterocycles. The third-order valence-corrected chi connectivity index (χ3v) is 4.93. The monoisotopic (exact) mass is 355 g/mol. The molecule has 1 aromatic heterocycles. The van der Waals surface area contributed by atoms with Crippen molar-refractivity contribution in [3.63, 3.8) is 0 Å². The van der Waals surface area contributed by atoms with Crippen LogP contribution < -0.4 is 5.90 Å². The Kier molecular flexibility index (Phi) is 4.83. The smallest absolute Gasteiger partial charge is 0.0963 e. The molecule has 0 saturated heterocycles. The number of H-pyrrole nitrogens is 1. The Balaban J connectivity index is 2.12. The van der Waals surface area contributed by atoms with E-state index in [1.54, 1.807) is 0 Å². The van der Waals surface area contributed by atoms with Crippen molar-refractivity contribution in [2.45, 2.75) is 12.0 Å². The van der Waals surface area contributed by atoms with E-state index < -0.39 is 5.41 Å². The molecule has 0 aliphatic rings. The molecule has 0 radical (unpaired) electrons. The van der Waals surface area contributed by atoms with E-state index in [1.807, 2.05) is 24.4 Å². The minimum absolute atomic E-state index is 0.278. The molecular weight excluding hydrogens is 334 g/mol. The molecule has 0 spiro atoms. The molecule has 0 bridgehead atoms. The van der Waals surface area contributed by atoms with E-state index in [1.165, 1.54) is 0 Å². The number of hydrogen-bond acceptors (Lipinski definition) is 3. The minimum atomic E-state index is -0.586. The van der Waals surface area contributed by atoms with Crippen molar-refractivity contribution in [3.8, 4) is 0 Å². The molecule has 3 N–H and O–H groups in total. The molecule has 3 aromatic carbocycles. The van der Waals surface area contributed by atoms with Gasteiger partial charge in [0.25, 0.3) is 0 Å². The number of nitrogens with two attached hydrogens (primary N) is 1. The zero-order valence-corrected chi connectivity index (χ0v) is 14.9. The lowest BCUT2D eigenvalue weighted by Gasteiger charge is -2.35. The van der Waals surface area contributed by atoms with Gasteiger partial charge in [0.15, 0.2) is 0 Å². The summed E-state index contributed by atoms with van der Waals surface area (Å²) < 4.78 is 0. The van der Waals surface area contributed by atoms with E-state index in [4.69, 9.17) is 10.7 Å². The average molecular weight is 355 g/mol. The zero-order valence-electron chi connectivity index (χ0n) is 14.9. The number of nitrogens with zero attached hydrogens (tertiary/aromatic N) is 1. The molecule has 1 heterocycles. The Bertz CT molecular complexity index is 885. The molecule has 0 atom stereocenters. The van der Waals surface area contributed by atoms with Crippen LogP contribution in [0.2, 0.25) is 0 Å². The third kappa shape index (κ3) is 2.95. The number of nitrogens with one attached hydrogen (secondary N) is 1. The van der Waals surface area contributed by atoms with Crippen molar-refractivity contribution >= 4 is 0 Å². The summed E-state index contributed by atoms with van der Waals surface area (Å²) in [5, 5.41) is 7.69. The summed E-state index contributed by atoms with van der Waals surface area (Å²) in [7, 11) is 0. The third-order valence-electron chi connectivity index (χ3n) is 4.93. The Hall–Kier alpha value is -3.21. The maximum absolute atomic E-state index is 5.41. The summed E-state index contributed by atoms with van der Waals surface area (Å²) in [6.45, 7) is 0.278. The zero-order chi connectivity index (χ0) is 18.5. The van der Waals surface area contributed by atoms with Crippen LogP contribution in [-0.4, -0.2) is 10.2 Å². The standard InChI is InChI=1S/C23H21N3O/c24-27-17-18-16-25-26-22(18)23(19-10-4-1-5-11-19,20-12-6-2-7-13-20)21-14-8-3-9-15-21/h1-16H,17,24H2,(H,25,26). The summed E-state index contributed by atoms with van der Waals surface area (Å²) in [5.41, 5.74) is 4.62. The summed E-state index contributed by atoms with van der Waals surface area (Å²) in [6, 6.07) is 31.3. The van der Waals surface area contributed by atoms with Crippen molar-refractivity contribution in [2.75, 3.05) is 0 Å². The van der Waals surface area contributed by atoms with E-state index in [2.05, 4.69) is 83.0 Å². The lowest BCUT2D eigenvalue weighted by atomic mass is 9.66. The van der Waals surface area contributed by atoms with Gasteiger partial charge in [-0.3, -0.25) is 9.94 Å². The van der Waals surface area contributed by atoms with Crippen molar-refractivity contribution in [1.29, 1.82) is 0 Å². The second kappa shape index (κ2) is 7.58. The van der Waals surface area contributed by atoms with Crippen molar-refractivity contribution in [1.82, 2.24) is 10.2 Å². The molecule has 4 aromatic rings. The number of hydrogen-bond donors (Lipinski definition) is 2. The van der Waals surface area contributed by atoms with Gasteiger partial charge in [0.1, 0.15) is 0 Å². The van der Waals surface area contributed by atoms with Gasteiger partial charge in [-0.25, -0.2) is 5.90 Å². The highest BCUT2D eigenvalue weighted by atomic mass is 16.6. The average Bonchev–Trinajstić information content (AvgIpc) is 3.20. The first-order valence-corrected chi connectivity index (χ1v) is 8.88. The van der Waals surface area contributed by atoms with Crippen LogP contribution in [0, 0.1) is 0 Å². The molecular formula is C23H21N3O. The fourth-order valence-corrected chi connectivity index (χ4v) is 3.81. The fourth-order valence-electron chi connectivity index (χ4n) is 3.81. The van der Waals surface area contributed by atoms with Crippen molar-refractivity contribution in [2.24, 2.45) is 5.90 Å². The molecule has 0 unspecified atom stereocenters. The highest BCUT2D eigenvalue weighted by Gasteiger charge is 2.41. The van der Waals surface area contributed by atoms with Gasteiger partial charge in [0.05, 0.1) is 17.7 Å². The number of aromatic nitrogens is 2. The first-order chi connectivity index (χ1) is 13.4. The van der Waals surface area contributed by atoms with Gasteiger partial charge >= 0.3 is 0 Å². The molecule has 4 heteroatoms. The van der Waals surface area contributed by atoms with Crippen LogP contribution in [0.1, 0.15) is 27.9 Å². The maximum Gasteiger partial charge on any atom is 0.0963 e. The highest BCUT2D eigenvalue weighted by Crippen LogP contribution is 2.45. The first-order valence-electron chi connectivity index (χ1n) is 8.88. The maximum atomic E-state index is 5.41. The summed E-state index contributed by atoms with van der Waals surface area (Å²) >= 11 is 0. The Morgan fingerprint density at radius 1 is 0.741 bits per heavy atom. The van der Waals surface area contributed by atoms with Gasteiger partial charge in [-0.05, 0) is 16.7 Å². The Labute approximate surface area is 158 Å². The van der Waals surface area contributed by atoms with Gasteiger partial charge in [-0.15, -0.1) is 0 Å². The van der Waals surface area contributed by atoms with Crippen molar-refractivity contribution in [3.05, 3.63) is 125 Å². The Morgan fingerprint density at radius 2 is 1.19 bits per heavy atom. The largest absolute Gasteiger partial charge is 0.300 e. The SMILES string of the molecule is NOCc1c[nH]nc1C(c1ccccc1)(c1ccccc1)c1ccccc1. The topological polar surface area (TPSA) is 63.9 Å². The van der Waals surface area contributed by atoms with E-state index in [9.17, 15) is 0 Å². The molecule has 134 valence electrons. The predicted molar refractivity (Wildman–Crippen MR) is 106 cm³/mol. The molecule has 0 fully saturated rings. The molecule has 0 saturated carbocycles. The Morgan fingerprint density at radius 3 is 1.59 bits per heavy atom. The van der Waals surface area contributed by atoms with E-state index >= 15 is 0 Å². The normalized spacial score (nSPS) is 11.4. The van der Waals surface area contributed by atoms with Crippen LogP contribution in [0.25, 0.3) is 0 Å². The van der Waals surface area contributed by atoms with Crippen LogP contribution in [0.4, 0.5) is 0 Å². The van der Waals surface area contributed by atoms with E-state index in [0.717, 1.165) is 27.9 Å². The van der Waals surface area contributed by atoms with E-state index in [-0.39, 0.29) is 6.61 Å². The lowest BCUT2D eigenvalue weighted by Crippen LogP contribution is -2.32. The summed E-state index contributed by atoms with van der Waals surface area (Å²) in [5.74, 6) is 5.41. The molecule has 27 heavy (non-hydrogen) atoms. The van der Waals surface area contributed by atoms with Crippen LogP contribution in [0.5, 0.6) is 0 Å². The predicted octanol–water partition coefficient (Wildman–Crippen LogP) is 4.18. The van der Waals surface area contributed by atoms with Crippen LogP contribution in [0.3, 0.4) is 0 Å². The fraction of sp³-hybridized carbons (Fsp3) is 0.0870. The van der Waals surface area contributed by atoms with Gasteiger partial charge in [0.2, 0.25) is 0 Å². The summed E-state index contributed by atoms with van der Waals surface area (Å²) in [4.78, 5) is 4.97. The van der Waals surface area contributed by atoms with Crippen LogP contribution >= 0.6 is 0 Å². The first kappa shape index (κ1) is 17.2. The highest BCUT2D eigenvalue weighted by molar-refractivity contribution is 5.59. The summed E-state index contributed by atoms with van der Waals surface area (Å²) in [6.07, 6.45) is 1.85. The van der Waals surface area contributed by atoms with E-state index in [0.29, 0.717) is 0 Å². The van der Waals surface area contributed by atoms with Gasteiger partial charge in [0, 0.05) is 11.8 Å². The molecule has 4 nitrogen and oxygen atoms in total. The van der Waals surface area contributed by atoms with Crippen molar-refractivity contribution < 1.29 is 4.84 Å². The van der Waals surface area contributed by atoms with Gasteiger partial charge < -0.3 is 0 Å². The second-order valence-corrected chi connectivity index (χ2v) is 6.42. The quantitative estimate of drug-likeness (QED) is 0.403. The van der Waals surface area contributed by atoms with Crippen LogP contribution in [-0.2, 0) is 16.9 Å². The minimum Gasteiger partial charge on any atom is -0.300 e. The van der Waals surface area contributed by atoms with Gasteiger partial charge in [-0.2, -0.15) is 5.10 Å². The molecule has 4 rings (SSSR count). The number of aromatic amines is 1. The lowest BCUT2D eigenvalue weighted by molar-refractivity contribution is 0.123. The second-order valence-electron chi connectivity index (χ2n) is 6.42. The molecule has 0 amide bonds. The van der Waals surface area contributed by atoms with Gasteiger partial charge in [-0.1, -0.05) is 91.0 Å². The number of benzene rings is 3.